The van der Waals surface area contributed by atoms with Gasteiger partial charge in [0.2, 0.25) is 5.91 Å². The third kappa shape index (κ3) is 5.01. The number of rotatable bonds is 7. The van der Waals surface area contributed by atoms with Crippen LogP contribution in [0, 0.1) is 20.8 Å². The molecule has 0 aromatic heterocycles. The maximum atomic E-state index is 11.9. The summed E-state index contributed by atoms with van der Waals surface area (Å²) >= 11 is 0. The lowest BCUT2D eigenvalue weighted by Gasteiger charge is -2.12. The Kier molecular flexibility index (Phi) is 6.24. The molecule has 128 valence electrons. The van der Waals surface area contributed by atoms with Crippen LogP contribution in [0.2, 0.25) is 0 Å². The fourth-order valence-corrected chi connectivity index (χ4v) is 2.43. The average Bonchev–Trinajstić information content (AvgIpc) is 2.56. The predicted molar refractivity (Wildman–Crippen MR) is 95.9 cm³/mol. The molecule has 0 spiro atoms. The largest absolute Gasteiger partial charge is 0.497 e. The van der Waals surface area contributed by atoms with E-state index < -0.39 is 0 Å². The van der Waals surface area contributed by atoms with Crippen LogP contribution in [-0.4, -0.2) is 26.2 Å². The van der Waals surface area contributed by atoms with Crippen molar-refractivity contribution in [2.24, 2.45) is 0 Å². The fourth-order valence-electron chi connectivity index (χ4n) is 2.43. The number of nitrogens with one attached hydrogen (secondary N) is 1. The molecule has 0 bridgehead atoms. The number of carbonyl (C=O) groups is 1. The third-order valence-corrected chi connectivity index (χ3v) is 4.00. The number of amides is 1. The van der Waals surface area contributed by atoms with E-state index in [2.05, 4.69) is 25.2 Å². The molecule has 4 heteroatoms. The van der Waals surface area contributed by atoms with Crippen LogP contribution in [-0.2, 0) is 11.2 Å². The van der Waals surface area contributed by atoms with Crippen molar-refractivity contribution in [3.63, 3.8) is 0 Å². The van der Waals surface area contributed by atoms with Gasteiger partial charge in [-0.05, 0) is 61.2 Å². The highest BCUT2D eigenvalue weighted by Crippen LogP contribution is 2.22. The predicted octanol–water partition coefficient (Wildman–Crippen LogP) is 3.36. The van der Waals surface area contributed by atoms with Gasteiger partial charge in [0, 0.05) is 0 Å². The standard InChI is InChI=1S/C20H25NO3/c1-14-11-16(3)19(12-15(14)2)24-10-9-21-20(22)13-17-5-7-18(23-4)8-6-17/h5-8,11-12H,9-10,13H2,1-4H3,(H,21,22). The lowest BCUT2D eigenvalue weighted by molar-refractivity contribution is -0.120. The summed E-state index contributed by atoms with van der Waals surface area (Å²) in [5.74, 6) is 1.65. The Hall–Kier alpha value is -2.49. The van der Waals surface area contributed by atoms with Gasteiger partial charge in [0.25, 0.3) is 0 Å². The smallest absolute Gasteiger partial charge is 0.224 e. The minimum absolute atomic E-state index is 0.0134. The second kappa shape index (κ2) is 8.39. The molecule has 0 aliphatic heterocycles. The molecule has 24 heavy (non-hydrogen) atoms. The zero-order valence-electron chi connectivity index (χ0n) is 14.8. The first-order valence-electron chi connectivity index (χ1n) is 8.10. The molecule has 0 saturated heterocycles. The molecule has 0 aliphatic rings. The van der Waals surface area contributed by atoms with Crippen LogP contribution >= 0.6 is 0 Å². The molecule has 0 unspecified atom stereocenters. The minimum Gasteiger partial charge on any atom is -0.497 e. The van der Waals surface area contributed by atoms with Gasteiger partial charge in [-0.2, -0.15) is 0 Å². The van der Waals surface area contributed by atoms with Crippen LogP contribution in [0.4, 0.5) is 0 Å². The summed E-state index contributed by atoms with van der Waals surface area (Å²) in [6.07, 6.45) is 0.354. The van der Waals surface area contributed by atoms with E-state index in [0.29, 0.717) is 19.6 Å². The van der Waals surface area contributed by atoms with Gasteiger partial charge in [0.05, 0.1) is 20.1 Å². The summed E-state index contributed by atoms with van der Waals surface area (Å²) < 4.78 is 10.9. The number of hydrogen-bond donors (Lipinski definition) is 1. The van der Waals surface area contributed by atoms with E-state index in [1.54, 1.807) is 7.11 Å². The summed E-state index contributed by atoms with van der Waals surface area (Å²) in [4.78, 5) is 11.9. The molecule has 1 N–H and O–H groups in total. The van der Waals surface area contributed by atoms with Gasteiger partial charge in [0.15, 0.2) is 0 Å². The average molecular weight is 327 g/mol. The van der Waals surface area contributed by atoms with Gasteiger partial charge in [0.1, 0.15) is 18.1 Å². The van der Waals surface area contributed by atoms with Crippen molar-refractivity contribution < 1.29 is 14.3 Å². The zero-order valence-corrected chi connectivity index (χ0v) is 14.8. The van der Waals surface area contributed by atoms with Crippen LogP contribution < -0.4 is 14.8 Å². The Morgan fingerprint density at radius 2 is 1.67 bits per heavy atom. The van der Waals surface area contributed by atoms with Gasteiger partial charge in [-0.15, -0.1) is 0 Å². The number of ether oxygens (including phenoxy) is 2. The van der Waals surface area contributed by atoms with E-state index in [9.17, 15) is 4.79 Å². The van der Waals surface area contributed by atoms with Crippen molar-refractivity contribution in [2.75, 3.05) is 20.3 Å². The van der Waals surface area contributed by atoms with Crippen molar-refractivity contribution in [2.45, 2.75) is 27.2 Å². The molecule has 2 aromatic carbocycles. The van der Waals surface area contributed by atoms with Crippen LogP contribution in [0.15, 0.2) is 36.4 Å². The first-order chi connectivity index (χ1) is 11.5. The molecular weight excluding hydrogens is 302 g/mol. The summed E-state index contributed by atoms with van der Waals surface area (Å²) in [6.45, 7) is 7.13. The lowest BCUT2D eigenvalue weighted by atomic mass is 10.1. The highest BCUT2D eigenvalue weighted by Gasteiger charge is 2.05. The van der Waals surface area contributed by atoms with Crippen LogP contribution in [0.25, 0.3) is 0 Å². The molecule has 2 aromatic rings. The van der Waals surface area contributed by atoms with E-state index in [1.165, 1.54) is 11.1 Å². The van der Waals surface area contributed by atoms with Crippen molar-refractivity contribution in [1.29, 1.82) is 0 Å². The molecule has 1 amide bonds. The number of methoxy groups -OCH3 is 1. The van der Waals surface area contributed by atoms with E-state index in [0.717, 1.165) is 22.6 Å². The Balaban J connectivity index is 1.75. The number of aryl methyl sites for hydroxylation is 3. The normalized spacial score (nSPS) is 10.3. The van der Waals surface area contributed by atoms with Crippen molar-refractivity contribution in [3.8, 4) is 11.5 Å². The van der Waals surface area contributed by atoms with Crippen LogP contribution in [0.3, 0.4) is 0 Å². The number of hydrogen-bond acceptors (Lipinski definition) is 3. The summed E-state index contributed by atoms with van der Waals surface area (Å²) in [6, 6.07) is 11.7. The molecule has 0 fully saturated rings. The summed E-state index contributed by atoms with van der Waals surface area (Å²) in [5.41, 5.74) is 4.54. The number of carbonyl (C=O) groups excluding carboxylic acids is 1. The molecule has 0 aliphatic carbocycles. The van der Waals surface area contributed by atoms with Gasteiger partial charge in [-0.3, -0.25) is 4.79 Å². The Labute approximate surface area is 143 Å². The van der Waals surface area contributed by atoms with Gasteiger partial charge in [-0.1, -0.05) is 18.2 Å². The van der Waals surface area contributed by atoms with E-state index >= 15 is 0 Å². The monoisotopic (exact) mass is 327 g/mol. The van der Waals surface area contributed by atoms with Crippen LogP contribution in [0.5, 0.6) is 11.5 Å². The molecule has 4 nitrogen and oxygen atoms in total. The van der Waals surface area contributed by atoms with Crippen LogP contribution in [0.1, 0.15) is 22.3 Å². The Bertz CT molecular complexity index is 693. The van der Waals surface area contributed by atoms with Crippen molar-refractivity contribution >= 4 is 5.91 Å². The fraction of sp³-hybridized carbons (Fsp3) is 0.350. The zero-order chi connectivity index (χ0) is 17.5. The lowest BCUT2D eigenvalue weighted by Crippen LogP contribution is -2.29. The Morgan fingerprint density at radius 3 is 2.33 bits per heavy atom. The van der Waals surface area contributed by atoms with Crippen molar-refractivity contribution in [1.82, 2.24) is 5.32 Å². The SMILES string of the molecule is COc1ccc(CC(=O)NCCOc2cc(C)c(C)cc2C)cc1. The first-order valence-corrected chi connectivity index (χ1v) is 8.10. The van der Waals surface area contributed by atoms with E-state index in [-0.39, 0.29) is 5.91 Å². The maximum Gasteiger partial charge on any atom is 0.224 e. The molecule has 0 saturated carbocycles. The van der Waals surface area contributed by atoms with Gasteiger partial charge < -0.3 is 14.8 Å². The second-order valence-corrected chi connectivity index (χ2v) is 5.93. The topological polar surface area (TPSA) is 47.6 Å². The van der Waals surface area contributed by atoms with E-state index in [4.69, 9.17) is 9.47 Å². The number of benzene rings is 2. The quantitative estimate of drug-likeness (QED) is 0.793. The highest BCUT2D eigenvalue weighted by molar-refractivity contribution is 5.78. The third-order valence-electron chi connectivity index (χ3n) is 4.00. The molecule has 0 atom stereocenters. The first kappa shape index (κ1) is 17.9. The Morgan fingerprint density at radius 1 is 1.00 bits per heavy atom. The minimum atomic E-state index is -0.0134. The van der Waals surface area contributed by atoms with E-state index in [1.807, 2.05) is 37.3 Å². The molecular formula is C20H25NO3. The molecule has 0 radical (unpaired) electrons. The summed E-state index contributed by atoms with van der Waals surface area (Å²) in [5, 5.41) is 2.88. The maximum absolute atomic E-state index is 11.9. The second-order valence-electron chi connectivity index (χ2n) is 5.93. The van der Waals surface area contributed by atoms with Gasteiger partial charge in [-0.25, -0.2) is 0 Å². The molecule has 2 rings (SSSR count). The summed E-state index contributed by atoms with van der Waals surface area (Å²) in [7, 11) is 1.62. The highest BCUT2D eigenvalue weighted by atomic mass is 16.5. The van der Waals surface area contributed by atoms with Crippen molar-refractivity contribution in [3.05, 3.63) is 58.7 Å². The van der Waals surface area contributed by atoms with Gasteiger partial charge >= 0.3 is 0 Å². The molecule has 0 heterocycles.